The van der Waals surface area contributed by atoms with E-state index in [1.807, 2.05) is 0 Å². The largest absolute Gasteiger partial charge is 0.332 e. The van der Waals surface area contributed by atoms with E-state index < -0.39 is 23.4 Å². The zero-order chi connectivity index (χ0) is 14.0. The third-order valence-corrected chi connectivity index (χ3v) is 3.11. The first kappa shape index (κ1) is 13.8. The molecule has 1 saturated heterocycles. The Morgan fingerprint density at radius 2 is 2.00 bits per heavy atom. The Morgan fingerprint density at radius 1 is 1.37 bits per heavy atom. The summed E-state index contributed by atoms with van der Waals surface area (Å²) in [7, 11) is 0. The lowest BCUT2D eigenvalue weighted by atomic mass is 10.1. The molecule has 1 unspecified atom stereocenters. The minimum absolute atomic E-state index is 0.211. The number of carbonyl (C=O) groups excluding carboxylic acids is 1. The average molecular weight is 273 g/mol. The van der Waals surface area contributed by atoms with Crippen molar-refractivity contribution in [3.8, 4) is 0 Å². The first-order chi connectivity index (χ1) is 9.04. The van der Waals surface area contributed by atoms with Crippen molar-refractivity contribution in [2.45, 2.75) is 6.04 Å². The van der Waals surface area contributed by atoms with Gasteiger partial charge >= 0.3 is 0 Å². The molecule has 0 radical (unpaired) electrons. The SMILES string of the molecule is NCC1CNCCN1C(=O)c1cc(F)c(F)c(F)c1. The number of carbonyl (C=O) groups is 1. The molecular formula is C12H14F3N3O. The maximum atomic E-state index is 13.1. The molecule has 2 rings (SSSR count). The topological polar surface area (TPSA) is 58.4 Å². The smallest absolute Gasteiger partial charge is 0.254 e. The van der Waals surface area contributed by atoms with Crippen LogP contribution in [0.25, 0.3) is 0 Å². The van der Waals surface area contributed by atoms with Crippen molar-refractivity contribution < 1.29 is 18.0 Å². The highest BCUT2D eigenvalue weighted by atomic mass is 19.2. The van der Waals surface area contributed by atoms with E-state index in [1.54, 1.807) is 0 Å². The zero-order valence-electron chi connectivity index (χ0n) is 10.1. The lowest BCUT2D eigenvalue weighted by molar-refractivity contribution is 0.0643. The molecule has 3 N–H and O–H groups in total. The molecule has 1 fully saturated rings. The minimum Gasteiger partial charge on any atom is -0.332 e. The van der Waals surface area contributed by atoms with E-state index in [0.29, 0.717) is 31.8 Å². The van der Waals surface area contributed by atoms with Crippen LogP contribution in [-0.4, -0.2) is 43.0 Å². The van der Waals surface area contributed by atoms with E-state index in [0.717, 1.165) is 0 Å². The van der Waals surface area contributed by atoms with E-state index in [1.165, 1.54) is 4.90 Å². The molecule has 7 heteroatoms. The summed E-state index contributed by atoms with van der Waals surface area (Å²) >= 11 is 0. The number of hydrogen-bond acceptors (Lipinski definition) is 3. The molecule has 4 nitrogen and oxygen atoms in total. The lowest BCUT2D eigenvalue weighted by Crippen LogP contribution is -2.56. The molecule has 1 heterocycles. The number of benzene rings is 1. The van der Waals surface area contributed by atoms with Crippen LogP contribution in [0.2, 0.25) is 0 Å². The molecule has 104 valence electrons. The summed E-state index contributed by atoms with van der Waals surface area (Å²) in [6.07, 6.45) is 0. The Labute approximate surface area is 108 Å². The van der Waals surface area contributed by atoms with Gasteiger partial charge in [-0.25, -0.2) is 13.2 Å². The summed E-state index contributed by atoms with van der Waals surface area (Å²) in [5.74, 6) is -4.87. The molecule has 0 spiro atoms. The van der Waals surface area contributed by atoms with E-state index in [2.05, 4.69) is 5.32 Å². The van der Waals surface area contributed by atoms with Gasteiger partial charge < -0.3 is 16.0 Å². The summed E-state index contributed by atoms with van der Waals surface area (Å²) < 4.78 is 39.1. The first-order valence-corrected chi connectivity index (χ1v) is 5.91. The molecule has 1 amide bonds. The number of amides is 1. The number of rotatable bonds is 2. The third kappa shape index (κ3) is 2.71. The van der Waals surface area contributed by atoms with E-state index >= 15 is 0 Å². The molecule has 1 aliphatic heterocycles. The van der Waals surface area contributed by atoms with Crippen LogP contribution in [0, 0.1) is 17.5 Å². The fourth-order valence-corrected chi connectivity index (χ4v) is 2.08. The molecule has 1 aromatic carbocycles. The molecular weight excluding hydrogens is 259 g/mol. The molecule has 0 bridgehead atoms. The van der Waals surface area contributed by atoms with Crippen LogP contribution in [0.5, 0.6) is 0 Å². The van der Waals surface area contributed by atoms with Crippen molar-refractivity contribution in [2.24, 2.45) is 5.73 Å². The van der Waals surface area contributed by atoms with Crippen molar-refractivity contribution in [3.05, 3.63) is 35.1 Å². The summed E-state index contributed by atoms with van der Waals surface area (Å²) in [4.78, 5) is 13.6. The predicted octanol–water partition coefficient (Wildman–Crippen LogP) is 0.477. The van der Waals surface area contributed by atoms with Gasteiger partial charge in [0.25, 0.3) is 5.91 Å². The maximum Gasteiger partial charge on any atom is 0.254 e. The van der Waals surface area contributed by atoms with Gasteiger partial charge in [-0.05, 0) is 12.1 Å². The Morgan fingerprint density at radius 3 is 2.58 bits per heavy atom. The number of halogens is 3. The molecule has 1 atom stereocenters. The maximum absolute atomic E-state index is 13.1. The molecule has 0 saturated carbocycles. The van der Waals surface area contributed by atoms with Gasteiger partial charge in [-0.1, -0.05) is 0 Å². The molecule has 1 aromatic rings. The van der Waals surface area contributed by atoms with Crippen molar-refractivity contribution in [1.29, 1.82) is 0 Å². The number of nitrogens with two attached hydrogens (primary N) is 1. The van der Waals surface area contributed by atoms with Gasteiger partial charge in [0.1, 0.15) is 0 Å². The Kier molecular flexibility index (Phi) is 4.06. The summed E-state index contributed by atoms with van der Waals surface area (Å²) in [6.45, 7) is 1.73. The van der Waals surface area contributed by atoms with Crippen molar-refractivity contribution in [3.63, 3.8) is 0 Å². The van der Waals surface area contributed by atoms with Crippen LogP contribution in [-0.2, 0) is 0 Å². The second-order valence-corrected chi connectivity index (χ2v) is 4.35. The normalized spacial score (nSPS) is 19.6. The van der Waals surface area contributed by atoms with Crippen LogP contribution in [0.3, 0.4) is 0 Å². The summed E-state index contributed by atoms with van der Waals surface area (Å²) in [6, 6.07) is 1.17. The van der Waals surface area contributed by atoms with Gasteiger partial charge in [-0.15, -0.1) is 0 Å². The average Bonchev–Trinajstić information content (AvgIpc) is 2.43. The van der Waals surface area contributed by atoms with Crippen LogP contribution >= 0.6 is 0 Å². The van der Waals surface area contributed by atoms with E-state index in [9.17, 15) is 18.0 Å². The standard InChI is InChI=1S/C12H14F3N3O/c13-9-3-7(4-10(14)11(9)15)12(19)18-2-1-17-6-8(18)5-16/h3-4,8,17H,1-2,5-6,16H2. The Hall–Kier alpha value is -1.60. The first-order valence-electron chi connectivity index (χ1n) is 5.91. The van der Waals surface area contributed by atoms with Gasteiger partial charge in [0.05, 0.1) is 6.04 Å². The minimum atomic E-state index is -1.58. The second kappa shape index (κ2) is 5.58. The van der Waals surface area contributed by atoms with Gasteiger partial charge in [-0.3, -0.25) is 4.79 Å². The van der Waals surface area contributed by atoms with Crippen LogP contribution in [0.15, 0.2) is 12.1 Å². The van der Waals surface area contributed by atoms with Crippen molar-refractivity contribution >= 4 is 5.91 Å². The summed E-state index contributed by atoms with van der Waals surface area (Å²) in [5.41, 5.74) is 5.34. The number of nitrogens with zero attached hydrogens (tertiary/aromatic N) is 1. The summed E-state index contributed by atoms with van der Waals surface area (Å²) in [5, 5.41) is 3.07. The monoisotopic (exact) mass is 273 g/mol. The third-order valence-electron chi connectivity index (χ3n) is 3.11. The fraction of sp³-hybridized carbons (Fsp3) is 0.417. The quantitative estimate of drug-likeness (QED) is 0.770. The van der Waals surface area contributed by atoms with Crippen LogP contribution in [0.1, 0.15) is 10.4 Å². The number of hydrogen-bond donors (Lipinski definition) is 2. The van der Waals surface area contributed by atoms with Gasteiger partial charge in [0.15, 0.2) is 17.5 Å². The predicted molar refractivity (Wildman–Crippen MR) is 63.1 cm³/mol. The molecule has 19 heavy (non-hydrogen) atoms. The fourth-order valence-electron chi connectivity index (χ4n) is 2.08. The van der Waals surface area contributed by atoms with Crippen LogP contribution < -0.4 is 11.1 Å². The highest BCUT2D eigenvalue weighted by molar-refractivity contribution is 5.94. The molecule has 0 aliphatic carbocycles. The van der Waals surface area contributed by atoms with Gasteiger partial charge in [-0.2, -0.15) is 0 Å². The number of nitrogens with one attached hydrogen (secondary N) is 1. The van der Waals surface area contributed by atoms with Gasteiger partial charge in [0.2, 0.25) is 0 Å². The highest BCUT2D eigenvalue weighted by Gasteiger charge is 2.27. The van der Waals surface area contributed by atoms with E-state index in [4.69, 9.17) is 5.73 Å². The molecule has 0 aromatic heterocycles. The lowest BCUT2D eigenvalue weighted by Gasteiger charge is -2.35. The zero-order valence-corrected chi connectivity index (χ0v) is 10.1. The Balaban J connectivity index is 2.28. The molecule has 1 aliphatic rings. The van der Waals surface area contributed by atoms with E-state index in [-0.39, 0.29) is 18.2 Å². The van der Waals surface area contributed by atoms with Gasteiger partial charge in [0, 0.05) is 31.7 Å². The van der Waals surface area contributed by atoms with Crippen LogP contribution in [0.4, 0.5) is 13.2 Å². The number of piperazine rings is 1. The second-order valence-electron chi connectivity index (χ2n) is 4.35. The highest BCUT2D eigenvalue weighted by Crippen LogP contribution is 2.16. The van der Waals surface area contributed by atoms with Crippen molar-refractivity contribution in [1.82, 2.24) is 10.2 Å². The Bertz CT molecular complexity index is 472. The van der Waals surface area contributed by atoms with Crippen molar-refractivity contribution in [2.75, 3.05) is 26.2 Å².